The second-order valence-corrected chi connectivity index (χ2v) is 5.43. The summed E-state index contributed by atoms with van der Waals surface area (Å²) in [6.45, 7) is 5.36. The lowest BCUT2D eigenvalue weighted by molar-refractivity contribution is -0.120. The topological polar surface area (TPSA) is 44.4 Å². The number of hydrogen-bond donors (Lipinski definition) is 2. The molecule has 1 unspecified atom stereocenters. The summed E-state index contributed by atoms with van der Waals surface area (Å²) in [5, 5.41) is 5.99. The molecule has 0 radical (unpaired) electrons. The van der Waals surface area contributed by atoms with Crippen LogP contribution in [0.2, 0.25) is 0 Å². The summed E-state index contributed by atoms with van der Waals surface area (Å²) >= 11 is 3.08. The van der Waals surface area contributed by atoms with Gasteiger partial charge in [-0.1, -0.05) is 0 Å². The summed E-state index contributed by atoms with van der Waals surface area (Å²) in [5.74, 6) is -0.490. The molecule has 1 amide bonds. The van der Waals surface area contributed by atoms with Crippen molar-refractivity contribution in [1.29, 1.82) is 0 Å². The van der Waals surface area contributed by atoms with Crippen LogP contribution in [0.5, 0.6) is 0 Å². The van der Waals surface area contributed by atoms with E-state index in [2.05, 4.69) is 31.5 Å². The predicted molar refractivity (Wildman–Crippen MR) is 76.6 cm³/mol. The highest BCUT2D eigenvalue weighted by Gasteiger charge is 2.22. The molecule has 1 aliphatic heterocycles. The third-order valence-electron chi connectivity index (χ3n) is 3.27. The number of benzene rings is 1. The number of rotatable bonds is 3. The standard InChI is InChI=1S/C13H17BrFN3O/c1-9(18-6-4-16-5-7-18)13(19)17-10-2-3-11(14)12(15)8-10/h2-3,8-9,16H,4-7H2,1H3,(H,17,19). The molecule has 0 spiro atoms. The van der Waals surface area contributed by atoms with Crippen molar-refractivity contribution in [3.63, 3.8) is 0 Å². The number of anilines is 1. The molecule has 0 saturated carbocycles. The molecule has 2 N–H and O–H groups in total. The highest BCUT2D eigenvalue weighted by Crippen LogP contribution is 2.19. The molecule has 0 bridgehead atoms. The van der Waals surface area contributed by atoms with Gasteiger partial charge in [0.05, 0.1) is 10.5 Å². The average molecular weight is 330 g/mol. The number of carbonyl (C=O) groups is 1. The third kappa shape index (κ3) is 3.75. The highest BCUT2D eigenvalue weighted by molar-refractivity contribution is 9.10. The minimum absolute atomic E-state index is 0.108. The SMILES string of the molecule is CC(C(=O)Nc1ccc(Br)c(F)c1)N1CCNCC1. The van der Waals surface area contributed by atoms with Gasteiger partial charge in [-0.05, 0) is 41.1 Å². The maximum Gasteiger partial charge on any atom is 0.241 e. The van der Waals surface area contributed by atoms with Crippen LogP contribution in [0, 0.1) is 5.82 Å². The van der Waals surface area contributed by atoms with Gasteiger partial charge >= 0.3 is 0 Å². The summed E-state index contributed by atoms with van der Waals surface area (Å²) in [7, 11) is 0. The molecule has 1 aromatic rings. The van der Waals surface area contributed by atoms with Crippen LogP contribution in [0.25, 0.3) is 0 Å². The van der Waals surface area contributed by atoms with Crippen molar-refractivity contribution >= 4 is 27.5 Å². The Labute approximate surface area is 120 Å². The number of amides is 1. The van der Waals surface area contributed by atoms with Gasteiger partial charge in [-0.3, -0.25) is 9.69 Å². The van der Waals surface area contributed by atoms with Gasteiger partial charge in [0.25, 0.3) is 0 Å². The van der Waals surface area contributed by atoms with E-state index in [0.29, 0.717) is 10.2 Å². The van der Waals surface area contributed by atoms with E-state index in [-0.39, 0.29) is 17.8 Å². The molecule has 4 nitrogen and oxygen atoms in total. The Balaban J connectivity index is 1.97. The number of piperazine rings is 1. The van der Waals surface area contributed by atoms with Crippen molar-refractivity contribution in [3.05, 3.63) is 28.5 Å². The van der Waals surface area contributed by atoms with E-state index in [1.807, 2.05) is 6.92 Å². The summed E-state index contributed by atoms with van der Waals surface area (Å²) < 4.78 is 13.8. The zero-order chi connectivity index (χ0) is 13.8. The number of halogens is 2. The van der Waals surface area contributed by atoms with Crippen LogP contribution < -0.4 is 10.6 Å². The molecule has 1 saturated heterocycles. The first kappa shape index (κ1) is 14.4. The fourth-order valence-electron chi connectivity index (χ4n) is 2.06. The maximum atomic E-state index is 13.4. The zero-order valence-electron chi connectivity index (χ0n) is 10.7. The molecule has 0 aromatic heterocycles. The molecule has 1 fully saturated rings. The van der Waals surface area contributed by atoms with E-state index in [1.165, 1.54) is 6.07 Å². The molecule has 1 atom stereocenters. The molecule has 1 aromatic carbocycles. The van der Waals surface area contributed by atoms with E-state index in [1.54, 1.807) is 12.1 Å². The first-order chi connectivity index (χ1) is 9.08. The molecular weight excluding hydrogens is 313 g/mol. The molecule has 1 heterocycles. The van der Waals surface area contributed by atoms with Crippen molar-refractivity contribution in [1.82, 2.24) is 10.2 Å². The van der Waals surface area contributed by atoms with E-state index in [0.717, 1.165) is 26.2 Å². The Morgan fingerprint density at radius 2 is 2.16 bits per heavy atom. The van der Waals surface area contributed by atoms with Gasteiger partial charge < -0.3 is 10.6 Å². The Kier molecular flexibility index (Phi) is 4.90. The fraction of sp³-hybridized carbons (Fsp3) is 0.462. The summed E-state index contributed by atoms with van der Waals surface area (Å²) in [4.78, 5) is 14.2. The largest absolute Gasteiger partial charge is 0.325 e. The molecule has 0 aliphatic carbocycles. The third-order valence-corrected chi connectivity index (χ3v) is 3.91. The van der Waals surface area contributed by atoms with Crippen LogP contribution in [0.15, 0.2) is 22.7 Å². The van der Waals surface area contributed by atoms with Gasteiger partial charge in [0, 0.05) is 31.9 Å². The summed E-state index contributed by atoms with van der Waals surface area (Å²) in [5.41, 5.74) is 0.479. The lowest BCUT2D eigenvalue weighted by Gasteiger charge is -2.31. The van der Waals surface area contributed by atoms with Gasteiger partial charge in [-0.15, -0.1) is 0 Å². The number of hydrogen-bond acceptors (Lipinski definition) is 3. The van der Waals surface area contributed by atoms with Crippen LogP contribution in [-0.4, -0.2) is 43.0 Å². The van der Waals surface area contributed by atoms with Gasteiger partial charge in [0.15, 0.2) is 0 Å². The van der Waals surface area contributed by atoms with E-state index in [9.17, 15) is 9.18 Å². The Morgan fingerprint density at radius 3 is 2.79 bits per heavy atom. The smallest absolute Gasteiger partial charge is 0.241 e. The normalized spacial score (nSPS) is 18.1. The van der Waals surface area contributed by atoms with Crippen molar-refractivity contribution in [2.45, 2.75) is 13.0 Å². The van der Waals surface area contributed by atoms with Crippen molar-refractivity contribution in [2.75, 3.05) is 31.5 Å². The number of nitrogens with zero attached hydrogens (tertiary/aromatic N) is 1. The van der Waals surface area contributed by atoms with Crippen LogP contribution in [-0.2, 0) is 4.79 Å². The predicted octanol–water partition coefficient (Wildman–Crippen LogP) is 1.82. The second-order valence-electron chi connectivity index (χ2n) is 4.58. The molecule has 6 heteroatoms. The second kappa shape index (κ2) is 6.45. The Morgan fingerprint density at radius 1 is 1.47 bits per heavy atom. The minimum atomic E-state index is -0.382. The first-order valence-electron chi connectivity index (χ1n) is 6.28. The Bertz CT molecular complexity index is 463. The molecule has 2 rings (SSSR count). The van der Waals surface area contributed by atoms with Crippen LogP contribution in [0.3, 0.4) is 0 Å². The molecule has 104 valence electrons. The number of nitrogens with one attached hydrogen (secondary N) is 2. The van der Waals surface area contributed by atoms with E-state index < -0.39 is 0 Å². The lowest BCUT2D eigenvalue weighted by atomic mass is 10.2. The zero-order valence-corrected chi connectivity index (χ0v) is 12.3. The van der Waals surface area contributed by atoms with Gasteiger partial charge in [-0.25, -0.2) is 4.39 Å². The Hall–Kier alpha value is -0.980. The van der Waals surface area contributed by atoms with Crippen LogP contribution in [0.1, 0.15) is 6.92 Å². The maximum absolute atomic E-state index is 13.4. The fourth-order valence-corrected chi connectivity index (χ4v) is 2.30. The summed E-state index contributed by atoms with van der Waals surface area (Å²) in [6, 6.07) is 4.36. The lowest BCUT2D eigenvalue weighted by Crippen LogP contribution is -2.51. The summed E-state index contributed by atoms with van der Waals surface area (Å²) in [6.07, 6.45) is 0. The van der Waals surface area contributed by atoms with E-state index >= 15 is 0 Å². The molecule has 1 aliphatic rings. The molecule has 19 heavy (non-hydrogen) atoms. The monoisotopic (exact) mass is 329 g/mol. The van der Waals surface area contributed by atoms with Crippen molar-refractivity contribution in [3.8, 4) is 0 Å². The van der Waals surface area contributed by atoms with E-state index in [4.69, 9.17) is 0 Å². The van der Waals surface area contributed by atoms with Crippen molar-refractivity contribution in [2.24, 2.45) is 0 Å². The van der Waals surface area contributed by atoms with Crippen molar-refractivity contribution < 1.29 is 9.18 Å². The van der Waals surface area contributed by atoms with Gasteiger partial charge in [0.2, 0.25) is 5.91 Å². The average Bonchev–Trinajstić information content (AvgIpc) is 2.43. The quantitative estimate of drug-likeness (QED) is 0.889. The first-order valence-corrected chi connectivity index (χ1v) is 7.08. The number of carbonyl (C=O) groups excluding carboxylic acids is 1. The molecular formula is C13H17BrFN3O. The van der Waals surface area contributed by atoms with Gasteiger partial charge in [0.1, 0.15) is 5.82 Å². The van der Waals surface area contributed by atoms with Crippen LogP contribution in [0.4, 0.5) is 10.1 Å². The highest BCUT2D eigenvalue weighted by atomic mass is 79.9. The minimum Gasteiger partial charge on any atom is -0.325 e. The van der Waals surface area contributed by atoms with Gasteiger partial charge in [-0.2, -0.15) is 0 Å². The van der Waals surface area contributed by atoms with Crippen LogP contribution >= 0.6 is 15.9 Å².